The third-order valence-electron chi connectivity index (χ3n) is 6.47. The molecule has 0 unspecified atom stereocenters. The number of carbonyl (C=O) groups is 1. The number of hydrogen-bond acceptors (Lipinski definition) is 7. The molecule has 1 saturated heterocycles. The zero-order chi connectivity index (χ0) is 28.3. The quantitative estimate of drug-likeness (QED) is 0.281. The summed E-state index contributed by atoms with van der Waals surface area (Å²) in [5.74, 6) is 0.604. The summed E-state index contributed by atoms with van der Waals surface area (Å²) in [5.41, 5.74) is 1.05. The van der Waals surface area contributed by atoms with Gasteiger partial charge < -0.3 is 20.3 Å². The molecule has 12 heteroatoms. The minimum Gasteiger partial charge on any atom is -0.456 e. The van der Waals surface area contributed by atoms with E-state index >= 15 is 0 Å². The van der Waals surface area contributed by atoms with Crippen LogP contribution in [-0.4, -0.2) is 65.4 Å². The van der Waals surface area contributed by atoms with E-state index in [1.165, 1.54) is 18.5 Å². The molecule has 208 valence electrons. The Morgan fingerprint density at radius 2 is 1.77 bits per heavy atom. The monoisotopic (exact) mass is 570 g/mol. The summed E-state index contributed by atoms with van der Waals surface area (Å²) < 4.78 is 44.7. The standard InChI is InChI=1S/C28H26ClF3N6O2/c1-37-9-11-38(12-10-37)16-26(39)35-19-5-7-24-22(14-19)27(34-17-33-24)36-20-6-8-25(23(29)15-20)40-21-4-2-3-18(13-21)28(30,31)32/h2-8,13-15,17H,9-12,16H2,1H3,(H,35,39)(H,33,34,36). The van der Waals surface area contributed by atoms with Crippen LogP contribution in [0.4, 0.5) is 30.4 Å². The molecule has 0 atom stereocenters. The smallest absolute Gasteiger partial charge is 0.416 e. The number of halogens is 4. The van der Waals surface area contributed by atoms with E-state index in [1.54, 1.807) is 36.4 Å². The van der Waals surface area contributed by atoms with Gasteiger partial charge in [-0.05, 0) is 61.6 Å². The first-order valence-electron chi connectivity index (χ1n) is 12.5. The predicted octanol–water partition coefficient (Wildman–Crippen LogP) is 6.02. The lowest BCUT2D eigenvalue weighted by Gasteiger charge is -2.31. The number of carbonyl (C=O) groups excluding carboxylic acids is 1. The van der Waals surface area contributed by atoms with Crippen molar-refractivity contribution in [2.45, 2.75) is 6.18 Å². The number of alkyl halides is 3. The summed E-state index contributed by atoms with van der Waals surface area (Å²) in [6.07, 6.45) is -3.06. The molecule has 1 amide bonds. The Kier molecular flexibility index (Phi) is 8.06. The topological polar surface area (TPSA) is 82.6 Å². The molecule has 1 aromatic heterocycles. The molecule has 1 fully saturated rings. The summed E-state index contributed by atoms with van der Waals surface area (Å²) in [7, 11) is 2.07. The fourth-order valence-corrected chi connectivity index (χ4v) is 4.52. The summed E-state index contributed by atoms with van der Waals surface area (Å²) in [4.78, 5) is 25.7. The molecular weight excluding hydrogens is 545 g/mol. The molecule has 0 bridgehead atoms. The molecule has 0 aliphatic carbocycles. The van der Waals surface area contributed by atoms with Crippen molar-refractivity contribution >= 4 is 45.6 Å². The number of hydrogen-bond donors (Lipinski definition) is 2. The Balaban J connectivity index is 1.29. The number of aromatic nitrogens is 2. The second-order valence-corrected chi connectivity index (χ2v) is 9.89. The molecule has 1 aliphatic heterocycles. The van der Waals surface area contributed by atoms with Gasteiger partial charge in [-0.2, -0.15) is 13.2 Å². The lowest BCUT2D eigenvalue weighted by molar-refractivity contribution is -0.137. The number of nitrogens with zero attached hydrogens (tertiary/aromatic N) is 4. The van der Waals surface area contributed by atoms with Gasteiger partial charge in [0.1, 0.15) is 23.6 Å². The maximum Gasteiger partial charge on any atom is 0.416 e. The van der Waals surface area contributed by atoms with Crippen LogP contribution in [0.1, 0.15) is 5.56 Å². The zero-order valence-corrected chi connectivity index (χ0v) is 22.3. The van der Waals surface area contributed by atoms with Crippen molar-refractivity contribution in [3.8, 4) is 11.5 Å². The molecule has 8 nitrogen and oxygen atoms in total. The normalized spacial score (nSPS) is 14.7. The van der Waals surface area contributed by atoms with Gasteiger partial charge >= 0.3 is 6.18 Å². The maximum absolute atomic E-state index is 13.0. The van der Waals surface area contributed by atoms with E-state index in [4.69, 9.17) is 16.3 Å². The number of ether oxygens (including phenoxy) is 1. The molecular formula is C28H26ClF3N6O2. The average molecular weight is 571 g/mol. The summed E-state index contributed by atoms with van der Waals surface area (Å²) in [5, 5.41) is 7.02. The third-order valence-corrected chi connectivity index (χ3v) is 6.76. The first-order valence-corrected chi connectivity index (χ1v) is 12.9. The van der Waals surface area contributed by atoms with Crippen LogP contribution in [0.3, 0.4) is 0 Å². The maximum atomic E-state index is 13.0. The fourth-order valence-electron chi connectivity index (χ4n) is 4.30. The lowest BCUT2D eigenvalue weighted by Crippen LogP contribution is -2.47. The molecule has 2 N–H and O–H groups in total. The Bertz CT molecular complexity index is 1530. The summed E-state index contributed by atoms with van der Waals surface area (Å²) in [6, 6.07) is 14.8. The predicted molar refractivity (Wildman–Crippen MR) is 148 cm³/mol. The van der Waals surface area contributed by atoms with Gasteiger partial charge in [0.15, 0.2) is 0 Å². The van der Waals surface area contributed by atoms with Crippen molar-refractivity contribution in [3.05, 3.63) is 77.6 Å². The van der Waals surface area contributed by atoms with E-state index in [-0.39, 0.29) is 22.4 Å². The first-order chi connectivity index (χ1) is 19.1. The molecule has 40 heavy (non-hydrogen) atoms. The number of benzene rings is 3. The van der Waals surface area contributed by atoms with E-state index in [0.29, 0.717) is 34.6 Å². The van der Waals surface area contributed by atoms with Gasteiger partial charge in [0, 0.05) is 42.9 Å². The second-order valence-electron chi connectivity index (χ2n) is 9.48. The highest BCUT2D eigenvalue weighted by atomic mass is 35.5. The number of anilines is 3. The van der Waals surface area contributed by atoms with E-state index in [2.05, 4.69) is 37.4 Å². The van der Waals surface area contributed by atoms with E-state index in [9.17, 15) is 18.0 Å². The van der Waals surface area contributed by atoms with Crippen LogP contribution >= 0.6 is 11.6 Å². The van der Waals surface area contributed by atoms with Gasteiger partial charge in [0.05, 0.1) is 22.6 Å². The zero-order valence-electron chi connectivity index (χ0n) is 21.5. The van der Waals surface area contributed by atoms with Crippen LogP contribution in [0.5, 0.6) is 11.5 Å². The number of likely N-dealkylation sites (N-methyl/N-ethyl adjacent to an activating group) is 1. The Hall–Kier alpha value is -3.93. The van der Waals surface area contributed by atoms with E-state index in [0.717, 1.165) is 38.3 Å². The second kappa shape index (κ2) is 11.7. The highest BCUT2D eigenvalue weighted by Gasteiger charge is 2.30. The van der Waals surface area contributed by atoms with Gasteiger partial charge in [0.2, 0.25) is 5.91 Å². The number of fused-ring (bicyclic) bond motifs is 1. The van der Waals surface area contributed by atoms with E-state index in [1.807, 2.05) is 0 Å². The summed E-state index contributed by atoms with van der Waals surface area (Å²) >= 11 is 6.39. The van der Waals surface area contributed by atoms with Crippen molar-refractivity contribution in [1.82, 2.24) is 19.8 Å². The molecule has 0 saturated carbocycles. The number of amides is 1. The van der Waals surface area contributed by atoms with Crippen molar-refractivity contribution < 1.29 is 22.7 Å². The highest BCUT2D eigenvalue weighted by Crippen LogP contribution is 2.36. The number of piperazine rings is 1. The third kappa shape index (κ3) is 6.79. The van der Waals surface area contributed by atoms with Gasteiger partial charge in [-0.25, -0.2) is 9.97 Å². The van der Waals surface area contributed by atoms with Crippen LogP contribution in [0.2, 0.25) is 5.02 Å². The van der Waals surface area contributed by atoms with Gasteiger partial charge in [0.25, 0.3) is 0 Å². The van der Waals surface area contributed by atoms with Crippen LogP contribution < -0.4 is 15.4 Å². The Morgan fingerprint density at radius 1 is 1.00 bits per heavy atom. The molecule has 3 aromatic carbocycles. The van der Waals surface area contributed by atoms with Crippen LogP contribution in [-0.2, 0) is 11.0 Å². The van der Waals surface area contributed by atoms with Crippen LogP contribution in [0, 0.1) is 0 Å². The molecule has 0 radical (unpaired) electrons. The fraction of sp³-hybridized carbons (Fsp3) is 0.250. The average Bonchev–Trinajstić information content (AvgIpc) is 2.91. The van der Waals surface area contributed by atoms with Gasteiger partial charge in [-0.1, -0.05) is 17.7 Å². The molecule has 2 heterocycles. The molecule has 1 aliphatic rings. The van der Waals surface area contributed by atoms with Crippen molar-refractivity contribution in [2.75, 3.05) is 50.4 Å². The largest absolute Gasteiger partial charge is 0.456 e. The van der Waals surface area contributed by atoms with Gasteiger partial charge in [-0.15, -0.1) is 0 Å². The SMILES string of the molecule is CN1CCN(CC(=O)Nc2ccc3ncnc(Nc4ccc(Oc5cccc(C(F)(F)F)c5)c(Cl)c4)c3c2)CC1. The Morgan fingerprint density at radius 3 is 2.52 bits per heavy atom. The van der Waals surface area contributed by atoms with Gasteiger partial charge in [-0.3, -0.25) is 9.69 Å². The van der Waals surface area contributed by atoms with Crippen molar-refractivity contribution in [1.29, 1.82) is 0 Å². The van der Waals surface area contributed by atoms with Crippen molar-refractivity contribution in [3.63, 3.8) is 0 Å². The molecule has 0 spiro atoms. The minimum absolute atomic E-state index is 0.0152. The molecule has 5 rings (SSSR count). The van der Waals surface area contributed by atoms with Crippen LogP contribution in [0.15, 0.2) is 67.0 Å². The highest BCUT2D eigenvalue weighted by molar-refractivity contribution is 6.32. The molecule has 4 aromatic rings. The Labute approximate surface area is 233 Å². The number of rotatable bonds is 7. The van der Waals surface area contributed by atoms with E-state index < -0.39 is 11.7 Å². The lowest BCUT2D eigenvalue weighted by atomic mass is 10.2. The number of nitrogens with one attached hydrogen (secondary N) is 2. The minimum atomic E-state index is -4.48. The first kappa shape index (κ1) is 27.6. The van der Waals surface area contributed by atoms with Crippen LogP contribution in [0.25, 0.3) is 10.9 Å². The van der Waals surface area contributed by atoms with Crippen molar-refractivity contribution in [2.24, 2.45) is 0 Å². The summed E-state index contributed by atoms with van der Waals surface area (Å²) in [6.45, 7) is 3.86.